The summed E-state index contributed by atoms with van der Waals surface area (Å²) in [6.07, 6.45) is 4.60. The monoisotopic (exact) mass is 301 g/mol. The fraction of sp³-hybridized carbons (Fsp3) is 0.529. The van der Waals surface area contributed by atoms with Gasteiger partial charge in [-0.25, -0.2) is 0 Å². The molecule has 0 amide bonds. The van der Waals surface area contributed by atoms with Crippen LogP contribution in [-0.2, 0) is 5.54 Å². The SMILES string of the molecule is CCC(Oc1ccccc1C)c1nc(C2(N)CCCC2)no1. The van der Waals surface area contributed by atoms with Crippen molar-refractivity contribution >= 4 is 0 Å². The van der Waals surface area contributed by atoms with Crippen LogP contribution in [0.3, 0.4) is 0 Å². The summed E-state index contributed by atoms with van der Waals surface area (Å²) in [6, 6.07) is 7.93. The van der Waals surface area contributed by atoms with Gasteiger partial charge in [0.1, 0.15) is 5.75 Å². The van der Waals surface area contributed by atoms with E-state index in [1.165, 1.54) is 0 Å². The Morgan fingerprint density at radius 3 is 2.73 bits per heavy atom. The average Bonchev–Trinajstić information content (AvgIpc) is 3.16. The molecular formula is C17H23N3O2. The third-order valence-electron chi connectivity index (χ3n) is 4.39. The molecule has 118 valence electrons. The smallest absolute Gasteiger partial charge is 0.267 e. The predicted octanol–water partition coefficient (Wildman–Crippen LogP) is 3.64. The van der Waals surface area contributed by atoms with Gasteiger partial charge in [-0.2, -0.15) is 4.98 Å². The second kappa shape index (κ2) is 6.08. The van der Waals surface area contributed by atoms with Crippen molar-refractivity contribution in [3.05, 3.63) is 41.5 Å². The third kappa shape index (κ3) is 2.86. The van der Waals surface area contributed by atoms with Gasteiger partial charge in [-0.3, -0.25) is 0 Å². The highest BCUT2D eigenvalue weighted by molar-refractivity contribution is 5.32. The molecule has 0 radical (unpaired) electrons. The molecule has 0 aliphatic heterocycles. The maximum atomic E-state index is 6.39. The fourth-order valence-electron chi connectivity index (χ4n) is 2.95. The van der Waals surface area contributed by atoms with E-state index in [-0.39, 0.29) is 6.10 Å². The predicted molar refractivity (Wildman–Crippen MR) is 83.5 cm³/mol. The Morgan fingerprint density at radius 1 is 1.32 bits per heavy atom. The molecule has 1 aliphatic rings. The number of benzene rings is 1. The van der Waals surface area contributed by atoms with E-state index in [0.717, 1.165) is 43.4 Å². The van der Waals surface area contributed by atoms with Crippen molar-refractivity contribution in [3.8, 4) is 5.75 Å². The molecule has 1 atom stereocenters. The molecule has 2 aromatic rings. The largest absolute Gasteiger partial charge is 0.480 e. The molecule has 0 spiro atoms. The van der Waals surface area contributed by atoms with E-state index < -0.39 is 5.54 Å². The Labute approximate surface area is 130 Å². The van der Waals surface area contributed by atoms with Gasteiger partial charge >= 0.3 is 0 Å². The lowest BCUT2D eigenvalue weighted by Gasteiger charge is -2.18. The minimum Gasteiger partial charge on any atom is -0.480 e. The van der Waals surface area contributed by atoms with Crippen molar-refractivity contribution in [3.63, 3.8) is 0 Å². The molecule has 1 fully saturated rings. The zero-order valence-electron chi connectivity index (χ0n) is 13.2. The van der Waals surface area contributed by atoms with E-state index in [2.05, 4.69) is 10.1 Å². The van der Waals surface area contributed by atoms with Crippen LogP contribution >= 0.6 is 0 Å². The molecule has 1 saturated carbocycles. The zero-order chi connectivity index (χ0) is 15.6. The second-order valence-electron chi connectivity index (χ2n) is 6.10. The molecule has 1 aromatic carbocycles. The van der Waals surface area contributed by atoms with E-state index in [1.54, 1.807) is 0 Å². The average molecular weight is 301 g/mol. The van der Waals surface area contributed by atoms with Crippen LogP contribution < -0.4 is 10.5 Å². The fourth-order valence-corrected chi connectivity index (χ4v) is 2.95. The van der Waals surface area contributed by atoms with Gasteiger partial charge in [-0.05, 0) is 37.8 Å². The Bertz CT molecular complexity index is 632. The topological polar surface area (TPSA) is 74.2 Å². The van der Waals surface area contributed by atoms with Crippen molar-refractivity contribution < 1.29 is 9.26 Å². The van der Waals surface area contributed by atoms with Crippen LogP contribution in [0.25, 0.3) is 0 Å². The summed E-state index contributed by atoms with van der Waals surface area (Å²) in [5.41, 5.74) is 7.05. The second-order valence-corrected chi connectivity index (χ2v) is 6.10. The van der Waals surface area contributed by atoms with Crippen LogP contribution in [0.2, 0.25) is 0 Å². The van der Waals surface area contributed by atoms with Crippen molar-refractivity contribution in [1.29, 1.82) is 0 Å². The van der Waals surface area contributed by atoms with Gasteiger partial charge in [0.25, 0.3) is 5.89 Å². The van der Waals surface area contributed by atoms with Gasteiger partial charge in [0.05, 0.1) is 5.54 Å². The molecule has 1 unspecified atom stereocenters. The maximum absolute atomic E-state index is 6.39. The van der Waals surface area contributed by atoms with Crippen LogP contribution in [-0.4, -0.2) is 10.1 Å². The highest BCUT2D eigenvalue weighted by atomic mass is 16.5. The lowest BCUT2D eigenvalue weighted by atomic mass is 9.99. The van der Waals surface area contributed by atoms with Gasteiger partial charge in [0.15, 0.2) is 11.9 Å². The Hall–Kier alpha value is -1.88. The van der Waals surface area contributed by atoms with Gasteiger partial charge in [-0.15, -0.1) is 0 Å². The number of hydrogen-bond acceptors (Lipinski definition) is 5. The highest BCUT2D eigenvalue weighted by Crippen LogP contribution is 2.35. The van der Waals surface area contributed by atoms with Gasteiger partial charge in [-0.1, -0.05) is 43.1 Å². The standard InChI is InChI=1S/C17H23N3O2/c1-3-13(21-14-9-5-4-8-12(14)2)15-19-16(20-22-15)17(18)10-6-7-11-17/h4-5,8-9,13H,3,6-7,10-11,18H2,1-2H3. The quantitative estimate of drug-likeness (QED) is 0.912. The summed E-state index contributed by atoms with van der Waals surface area (Å²) in [6.45, 7) is 4.06. The number of hydrogen-bond donors (Lipinski definition) is 1. The molecule has 1 aromatic heterocycles. The summed E-state index contributed by atoms with van der Waals surface area (Å²) in [7, 11) is 0. The number of rotatable bonds is 5. The van der Waals surface area contributed by atoms with E-state index in [0.29, 0.717) is 11.7 Å². The van der Waals surface area contributed by atoms with Crippen LogP contribution in [0.4, 0.5) is 0 Å². The molecule has 2 N–H and O–H groups in total. The van der Waals surface area contributed by atoms with Crippen LogP contribution in [0.5, 0.6) is 5.75 Å². The number of nitrogens with zero attached hydrogens (tertiary/aromatic N) is 2. The van der Waals surface area contributed by atoms with Gasteiger partial charge in [0, 0.05) is 0 Å². The van der Waals surface area contributed by atoms with E-state index in [9.17, 15) is 0 Å². The number of nitrogens with two attached hydrogens (primary N) is 1. The van der Waals surface area contributed by atoms with E-state index >= 15 is 0 Å². The minimum atomic E-state index is -0.428. The van der Waals surface area contributed by atoms with Crippen LogP contribution in [0, 0.1) is 6.92 Å². The van der Waals surface area contributed by atoms with Crippen molar-refractivity contribution in [2.45, 2.75) is 57.6 Å². The Morgan fingerprint density at radius 2 is 2.05 bits per heavy atom. The molecule has 3 rings (SSSR count). The number of para-hydroxylation sites is 1. The zero-order valence-corrected chi connectivity index (χ0v) is 13.2. The molecule has 0 bridgehead atoms. The number of aromatic nitrogens is 2. The highest BCUT2D eigenvalue weighted by Gasteiger charge is 2.36. The summed E-state index contributed by atoms with van der Waals surface area (Å²) in [5, 5.41) is 4.11. The van der Waals surface area contributed by atoms with Crippen molar-refractivity contribution in [1.82, 2.24) is 10.1 Å². The first-order chi connectivity index (χ1) is 10.6. The summed E-state index contributed by atoms with van der Waals surface area (Å²) in [5.74, 6) is 1.97. The summed E-state index contributed by atoms with van der Waals surface area (Å²) in [4.78, 5) is 4.53. The normalized spacial score (nSPS) is 18.3. The van der Waals surface area contributed by atoms with Crippen molar-refractivity contribution in [2.75, 3.05) is 0 Å². The molecule has 5 nitrogen and oxygen atoms in total. The summed E-state index contributed by atoms with van der Waals surface area (Å²) < 4.78 is 11.5. The lowest BCUT2D eigenvalue weighted by Crippen LogP contribution is -2.34. The third-order valence-corrected chi connectivity index (χ3v) is 4.39. The Balaban J connectivity index is 1.80. The number of ether oxygens (including phenoxy) is 1. The van der Waals surface area contributed by atoms with E-state index in [1.807, 2.05) is 38.1 Å². The molecular weight excluding hydrogens is 278 g/mol. The summed E-state index contributed by atoms with van der Waals surface area (Å²) >= 11 is 0. The maximum Gasteiger partial charge on any atom is 0.267 e. The first-order valence-corrected chi connectivity index (χ1v) is 7.97. The Kier molecular flexibility index (Phi) is 4.16. The van der Waals surface area contributed by atoms with Crippen molar-refractivity contribution in [2.24, 2.45) is 5.73 Å². The molecule has 5 heteroatoms. The number of aryl methyl sites for hydroxylation is 1. The molecule has 0 saturated heterocycles. The lowest BCUT2D eigenvalue weighted by molar-refractivity contribution is 0.153. The molecule has 1 heterocycles. The molecule has 22 heavy (non-hydrogen) atoms. The minimum absolute atomic E-state index is 0.243. The van der Waals surface area contributed by atoms with E-state index in [4.69, 9.17) is 15.0 Å². The first kappa shape index (κ1) is 15.0. The van der Waals surface area contributed by atoms with Crippen LogP contribution in [0.15, 0.2) is 28.8 Å². The van der Waals surface area contributed by atoms with Crippen LogP contribution in [0.1, 0.15) is 62.4 Å². The first-order valence-electron chi connectivity index (χ1n) is 7.97. The van der Waals surface area contributed by atoms with Gasteiger partial charge < -0.3 is 15.0 Å². The molecule has 1 aliphatic carbocycles. The van der Waals surface area contributed by atoms with Gasteiger partial charge in [0.2, 0.25) is 0 Å².